The van der Waals surface area contributed by atoms with Crippen molar-refractivity contribution >= 4 is 23.4 Å². The molecule has 1 heterocycles. The van der Waals surface area contributed by atoms with E-state index in [1.807, 2.05) is 35.9 Å². The molecule has 0 aliphatic heterocycles. The summed E-state index contributed by atoms with van der Waals surface area (Å²) in [6.45, 7) is 0.501. The number of rotatable bonds is 4. The van der Waals surface area contributed by atoms with E-state index in [0.717, 1.165) is 15.7 Å². The SMILES string of the molecule is Cn1cnnc1SC(CN)c1ccccc1Cl. The first-order valence-corrected chi connectivity index (χ1v) is 6.43. The first kappa shape index (κ1) is 12.4. The van der Waals surface area contributed by atoms with Crippen molar-refractivity contribution in [3.8, 4) is 0 Å². The lowest BCUT2D eigenvalue weighted by molar-refractivity contribution is 0.781. The third-order valence-electron chi connectivity index (χ3n) is 2.38. The lowest BCUT2D eigenvalue weighted by Gasteiger charge is -2.15. The number of hydrogen-bond donors (Lipinski definition) is 1. The third-order valence-corrected chi connectivity index (χ3v) is 4.04. The summed E-state index contributed by atoms with van der Waals surface area (Å²) >= 11 is 7.74. The molecule has 0 radical (unpaired) electrons. The van der Waals surface area contributed by atoms with Gasteiger partial charge in [0.25, 0.3) is 0 Å². The number of halogens is 1. The van der Waals surface area contributed by atoms with Gasteiger partial charge in [-0.2, -0.15) is 0 Å². The fourth-order valence-electron chi connectivity index (χ4n) is 1.48. The van der Waals surface area contributed by atoms with Crippen LogP contribution in [0.5, 0.6) is 0 Å². The molecule has 2 rings (SSSR count). The van der Waals surface area contributed by atoms with E-state index < -0.39 is 0 Å². The normalized spacial score (nSPS) is 12.6. The van der Waals surface area contributed by atoms with Gasteiger partial charge in [0.15, 0.2) is 5.16 Å². The number of aromatic nitrogens is 3. The van der Waals surface area contributed by atoms with E-state index >= 15 is 0 Å². The number of benzene rings is 1. The largest absolute Gasteiger partial charge is 0.329 e. The fraction of sp³-hybridized carbons (Fsp3) is 0.273. The average molecular weight is 269 g/mol. The molecule has 6 heteroatoms. The molecular formula is C11H13ClN4S. The molecule has 17 heavy (non-hydrogen) atoms. The molecular weight excluding hydrogens is 256 g/mol. The van der Waals surface area contributed by atoms with Crippen molar-refractivity contribution in [1.29, 1.82) is 0 Å². The van der Waals surface area contributed by atoms with Crippen LogP contribution in [0.3, 0.4) is 0 Å². The zero-order valence-corrected chi connectivity index (χ0v) is 10.9. The second kappa shape index (κ2) is 5.53. The van der Waals surface area contributed by atoms with Crippen LogP contribution in [0.2, 0.25) is 5.02 Å². The van der Waals surface area contributed by atoms with Crippen molar-refractivity contribution in [3.05, 3.63) is 41.2 Å². The molecule has 90 valence electrons. The van der Waals surface area contributed by atoms with Gasteiger partial charge in [-0.25, -0.2) is 0 Å². The van der Waals surface area contributed by atoms with Crippen molar-refractivity contribution in [3.63, 3.8) is 0 Å². The summed E-state index contributed by atoms with van der Waals surface area (Å²) in [5.41, 5.74) is 6.84. The Morgan fingerprint density at radius 1 is 1.47 bits per heavy atom. The molecule has 2 aromatic rings. The maximum atomic E-state index is 6.17. The van der Waals surface area contributed by atoms with Crippen LogP contribution in [0.4, 0.5) is 0 Å². The van der Waals surface area contributed by atoms with Crippen LogP contribution >= 0.6 is 23.4 Å². The van der Waals surface area contributed by atoms with E-state index in [9.17, 15) is 0 Å². The minimum Gasteiger partial charge on any atom is -0.329 e. The molecule has 0 aliphatic rings. The fourth-order valence-corrected chi connectivity index (χ4v) is 2.80. The number of nitrogens with zero attached hydrogens (tertiary/aromatic N) is 3. The zero-order chi connectivity index (χ0) is 12.3. The second-order valence-electron chi connectivity index (χ2n) is 3.59. The van der Waals surface area contributed by atoms with Gasteiger partial charge in [-0.15, -0.1) is 10.2 Å². The molecule has 0 fully saturated rings. The molecule has 2 N–H and O–H groups in total. The minimum absolute atomic E-state index is 0.0894. The summed E-state index contributed by atoms with van der Waals surface area (Å²) < 4.78 is 1.87. The zero-order valence-electron chi connectivity index (χ0n) is 9.38. The van der Waals surface area contributed by atoms with Gasteiger partial charge in [-0.3, -0.25) is 0 Å². The molecule has 0 bridgehead atoms. The van der Waals surface area contributed by atoms with Crippen LogP contribution in [0, 0.1) is 0 Å². The number of thioether (sulfide) groups is 1. The van der Waals surface area contributed by atoms with E-state index in [0.29, 0.717) is 6.54 Å². The third kappa shape index (κ3) is 2.80. The van der Waals surface area contributed by atoms with Crippen LogP contribution in [0.15, 0.2) is 35.7 Å². The molecule has 1 atom stereocenters. The van der Waals surface area contributed by atoms with Gasteiger partial charge in [0.2, 0.25) is 0 Å². The first-order valence-electron chi connectivity index (χ1n) is 5.17. The maximum absolute atomic E-state index is 6.17. The predicted octanol–water partition coefficient (Wildman–Crippen LogP) is 2.26. The van der Waals surface area contributed by atoms with Crippen molar-refractivity contribution < 1.29 is 0 Å². The highest BCUT2D eigenvalue weighted by Crippen LogP contribution is 2.36. The van der Waals surface area contributed by atoms with Crippen molar-refractivity contribution in [2.24, 2.45) is 12.8 Å². The van der Waals surface area contributed by atoms with Gasteiger partial charge in [-0.05, 0) is 11.6 Å². The van der Waals surface area contributed by atoms with Crippen LogP contribution in [0.25, 0.3) is 0 Å². The highest BCUT2D eigenvalue weighted by molar-refractivity contribution is 7.99. The summed E-state index contributed by atoms with van der Waals surface area (Å²) in [6.07, 6.45) is 1.67. The van der Waals surface area contributed by atoms with Crippen molar-refractivity contribution in [2.75, 3.05) is 6.54 Å². The Balaban J connectivity index is 2.23. The Hall–Kier alpha value is -1.04. The summed E-state index contributed by atoms with van der Waals surface area (Å²) in [4.78, 5) is 0. The van der Waals surface area contributed by atoms with E-state index in [2.05, 4.69) is 10.2 Å². The van der Waals surface area contributed by atoms with Crippen molar-refractivity contribution in [1.82, 2.24) is 14.8 Å². The molecule has 0 saturated carbocycles. The number of aryl methyl sites for hydroxylation is 1. The van der Waals surface area contributed by atoms with E-state index in [4.69, 9.17) is 17.3 Å². The highest BCUT2D eigenvalue weighted by atomic mass is 35.5. The molecule has 0 amide bonds. The smallest absolute Gasteiger partial charge is 0.191 e. The monoisotopic (exact) mass is 268 g/mol. The van der Waals surface area contributed by atoms with Gasteiger partial charge in [0.1, 0.15) is 6.33 Å². The molecule has 4 nitrogen and oxygen atoms in total. The summed E-state index contributed by atoms with van der Waals surface area (Å²) in [7, 11) is 1.91. The maximum Gasteiger partial charge on any atom is 0.191 e. The molecule has 0 saturated heterocycles. The number of nitrogens with two attached hydrogens (primary N) is 1. The second-order valence-corrected chi connectivity index (χ2v) is 5.17. The Morgan fingerprint density at radius 2 is 2.24 bits per heavy atom. The first-order chi connectivity index (χ1) is 8.22. The van der Waals surface area contributed by atoms with E-state index in [1.54, 1.807) is 18.1 Å². The molecule has 1 unspecified atom stereocenters. The van der Waals surface area contributed by atoms with Crippen LogP contribution in [-0.2, 0) is 7.05 Å². The topological polar surface area (TPSA) is 56.7 Å². The Labute approximate surface area is 109 Å². The molecule has 1 aromatic heterocycles. The van der Waals surface area contributed by atoms with Gasteiger partial charge >= 0.3 is 0 Å². The van der Waals surface area contributed by atoms with Crippen LogP contribution < -0.4 is 5.73 Å². The van der Waals surface area contributed by atoms with Crippen molar-refractivity contribution in [2.45, 2.75) is 10.4 Å². The van der Waals surface area contributed by atoms with Crippen LogP contribution in [0.1, 0.15) is 10.8 Å². The predicted molar refractivity (Wildman–Crippen MR) is 70.1 cm³/mol. The Bertz CT molecular complexity index is 500. The highest BCUT2D eigenvalue weighted by Gasteiger charge is 2.16. The minimum atomic E-state index is 0.0894. The lowest BCUT2D eigenvalue weighted by atomic mass is 10.1. The van der Waals surface area contributed by atoms with Gasteiger partial charge in [0.05, 0.1) is 5.25 Å². The summed E-state index contributed by atoms with van der Waals surface area (Å²) in [5, 5.41) is 9.54. The molecule has 0 aliphatic carbocycles. The van der Waals surface area contributed by atoms with Gasteiger partial charge in [0, 0.05) is 18.6 Å². The van der Waals surface area contributed by atoms with E-state index in [1.165, 1.54) is 0 Å². The molecule has 1 aromatic carbocycles. The lowest BCUT2D eigenvalue weighted by Crippen LogP contribution is -2.10. The quantitative estimate of drug-likeness (QED) is 0.865. The Morgan fingerprint density at radius 3 is 2.82 bits per heavy atom. The van der Waals surface area contributed by atoms with Gasteiger partial charge in [-0.1, -0.05) is 41.6 Å². The number of hydrogen-bond acceptors (Lipinski definition) is 4. The van der Waals surface area contributed by atoms with E-state index in [-0.39, 0.29) is 5.25 Å². The Kier molecular flexibility index (Phi) is 4.04. The van der Waals surface area contributed by atoms with Gasteiger partial charge < -0.3 is 10.3 Å². The average Bonchev–Trinajstić information content (AvgIpc) is 2.73. The summed E-state index contributed by atoms with van der Waals surface area (Å²) in [5.74, 6) is 0. The van der Waals surface area contributed by atoms with Crippen LogP contribution in [-0.4, -0.2) is 21.3 Å². The standard InChI is InChI=1S/C11H13ClN4S/c1-16-7-14-15-11(16)17-10(6-13)8-4-2-3-5-9(8)12/h2-5,7,10H,6,13H2,1H3. The summed E-state index contributed by atoms with van der Waals surface area (Å²) in [6, 6.07) is 7.73. The molecule has 0 spiro atoms.